The minimum atomic E-state index is -4.43. The predicted molar refractivity (Wildman–Crippen MR) is 111 cm³/mol. The number of hydrogen-bond acceptors (Lipinski definition) is 6. The first-order valence-electron chi connectivity index (χ1n) is 9.83. The highest BCUT2D eigenvalue weighted by molar-refractivity contribution is 6.10. The molecule has 0 fully saturated rings. The van der Waals surface area contributed by atoms with Crippen LogP contribution in [0, 0.1) is 6.92 Å². The van der Waals surface area contributed by atoms with Crippen molar-refractivity contribution in [1.29, 1.82) is 0 Å². The molecule has 0 atom stereocenters. The Kier molecular flexibility index (Phi) is 7.44. The van der Waals surface area contributed by atoms with Crippen LogP contribution in [0.4, 0.5) is 27.6 Å². The number of carbonyl (C=O) groups is 1. The summed E-state index contributed by atoms with van der Waals surface area (Å²) < 4.78 is 68.3. The van der Waals surface area contributed by atoms with Gasteiger partial charge in [0, 0.05) is 25.1 Å². The molecule has 1 aliphatic heterocycles. The summed E-state index contributed by atoms with van der Waals surface area (Å²) in [6.45, 7) is -0.272. The van der Waals surface area contributed by atoms with Crippen LogP contribution in [0.3, 0.4) is 0 Å². The quantitative estimate of drug-likeness (QED) is 0.536. The molecule has 3 aromatic heterocycles. The van der Waals surface area contributed by atoms with Crippen molar-refractivity contribution in [2.24, 2.45) is 0 Å². The van der Waals surface area contributed by atoms with Gasteiger partial charge in [0.2, 0.25) is 0 Å². The van der Waals surface area contributed by atoms with Gasteiger partial charge in [-0.1, -0.05) is 0 Å². The smallest absolute Gasteiger partial charge is 0.408 e. The van der Waals surface area contributed by atoms with E-state index in [9.17, 15) is 26.7 Å². The number of alkyl halides is 5. The molecule has 0 saturated heterocycles. The second-order valence-electron chi connectivity index (χ2n) is 7.16. The summed E-state index contributed by atoms with van der Waals surface area (Å²) in [5, 5.41) is 10.7. The number of hydrogen-bond donors (Lipinski definition) is 1. The van der Waals surface area contributed by atoms with E-state index >= 15 is 0 Å². The van der Waals surface area contributed by atoms with Gasteiger partial charge in [-0.05, 0) is 24.6 Å². The fourth-order valence-corrected chi connectivity index (χ4v) is 3.42. The Balaban J connectivity index is 0.00000158. The number of aliphatic hydroxyl groups is 1. The van der Waals surface area contributed by atoms with Crippen LogP contribution in [0.15, 0.2) is 36.9 Å². The average Bonchev–Trinajstić information content (AvgIpc) is 3.36. The minimum Gasteiger partial charge on any atom is -0.486 e. The molecule has 1 aliphatic rings. The van der Waals surface area contributed by atoms with Gasteiger partial charge in [0.25, 0.3) is 12.3 Å². The lowest BCUT2D eigenvalue weighted by Gasteiger charge is -2.12. The number of ether oxygens (including phenoxy) is 1. The molecular weight excluding hydrogens is 465 g/mol. The molecule has 4 rings (SSSR count). The molecule has 0 bridgehead atoms. The lowest BCUT2D eigenvalue weighted by Crippen LogP contribution is -2.23. The number of amides is 1. The third kappa shape index (κ3) is 5.65. The molecule has 1 amide bonds. The van der Waals surface area contributed by atoms with E-state index in [1.807, 2.05) is 0 Å². The number of fused-ring (bicyclic) bond motifs is 1. The van der Waals surface area contributed by atoms with E-state index in [0.717, 1.165) is 13.3 Å². The van der Waals surface area contributed by atoms with Crippen molar-refractivity contribution < 1.29 is 36.6 Å². The van der Waals surface area contributed by atoms with Crippen LogP contribution >= 0.6 is 0 Å². The topological polar surface area (TPSA) is 93.4 Å². The summed E-state index contributed by atoms with van der Waals surface area (Å²) in [5.74, 6) is -0.243. The third-order valence-electron chi connectivity index (χ3n) is 4.72. The van der Waals surface area contributed by atoms with Crippen molar-refractivity contribution in [2.45, 2.75) is 32.6 Å². The Labute approximate surface area is 190 Å². The van der Waals surface area contributed by atoms with Crippen LogP contribution in [0.25, 0.3) is 11.3 Å². The second kappa shape index (κ2) is 10.1. The molecule has 8 nitrogen and oxygen atoms in total. The summed E-state index contributed by atoms with van der Waals surface area (Å²) in [4.78, 5) is 22.7. The summed E-state index contributed by atoms with van der Waals surface area (Å²) in [6.07, 6.45) is -1.93. The highest BCUT2D eigenvalue weighted by atomic mass is 19.4. The van der Waals surface area contributed by atoms with Gasteiger partial charge in [0.15, 0.2) is 0 Å². The molecular formula is C21H20F5N5O3. The zero-order valence-corrected chi connectivity index (χ0v) is 18.1. The van der Waals surface area contributed by atoms with Crippen LogP contribution in [0.1, 0.15) is 21.6 Å². The first-order valence-corrected chi connectivity index (χ1v) is 9.83. The van der Waals surface area contributed by atoms with Crippen LogP contribution in [0.2, 0.25) is 0 Å². The van der Waals surface area contributed by atoms with Gasteiger partial charge in [0.1, 0.15) is 18.9 Å². The summed E-state index contributed by atoms with van der Waals surface area (Å²) in [7, 11) is 1.00. The minimum absolute atomic E-state index is 0.0512. The average molecular weight is 485 g/mol. The summed E-state index contributed by atoms with van der Waals surface area (Å²) in [5.41, 5.74) is 2.59. The normalized spacial score (nSPS) is 13.1. The van der Waals surface area contributed by atoms with E-state index < -0.39 is 31.7 Å². The van der Waals surface area contributed by atoms with Gasteiger partial charge in [-0.2, -0.15) is 18.3 Å². The lowest BCUT2D eigenvalue weighted by atomic mass is 10.1. The number of pyridine rings is 2. The molecule has 0 aromatic carbocycles. The van der Waals surface area contributed by atoms with E-state index in [1.165, 1.54) is 29.6 Å². The number of aromatic nitrogens is 4. The fourth-order valence-electron chi connectivity index (χ4n) is 3.42. The van der Waals surface area contributed by atoms with Crippen molar-refractivity contribution in [3.8, 4) is 17.0 Å². The van der Waals surface area contributed by atoms with E-state index in [-0.39, 0.29) is 18.0 Å². The third-order valence-corrected chi connectivity index (χ3v) is 4.72. The number of rotatable bonds is 6. The van der Waals surface area contributed by atoms with Crippen LogP contribution in [0.5, 0.6) is 5.75 Å². The molecule has 1 N–H and O–H groups in total. The van der Waals surface area contributed by atoms with Crippen molar-refractivity contribution >= 4 is 11.6 Å². The lowest BCUT2D eigenvalue weighted by molar-refractivity contribution is -0.142. The summed E-state index contributed by atoms with van der Waals surface area (Å²) in [6, 6.07) is 3.17. The highest BCUT2D eigenvalue weighted by Gasteiger charge is 2.34. The van der Waals surface area contributed by atoms with Gasteiger partial charge in [-0.25, -0.2) is 8.78 Å². The first-order chi connectivity index (χ1) is 16.1. The monoisotopic (exact) mass is 485 g/mol. The molecule has 0 saturated carbocycles. The van der Waals surface area contributed by atoms with E-state index in [1.54, 1.807) is 13.0 Å². The van der Waals surface area contributed by atoms with Crippen molar-refractivity contribution in [3.63, 3.8) is 0 Å². The Hall–Kier alpha value is -3.61. The Morgan fingerprint density at radius 2 is 1.91 bits per heavy atom. The molecule has 182 valence electrons. The molecule has 4 heterocycles. The van der Waals surface area contributed by atoms with E-state index in [2.05, 4.69) is 15.1 Å². The second-order valence-corrected chi connectivity index (χ2v) is 7.16. The standard InChI is InChI=1S/C20H16F5N5O2.CH4O/c1-11-2-15(12-3-14(6-26-4-12)32-9-17(21)22)28-16-8-30(19(31)18(11)16)13-5-27-29(7-13)10-20(23,24)25;1-2/h2-7,17H,8-10H2,1H3;2H,1H3. The molecule has 34 heavy (non-hydrogen) atoms. The van der Waals surface area contributed by atoms with Crippen molar-refractivity contribution in [2.75, 3.05) is 18.6 Å². The van der Waals surface area contributed by atoms with E-state index in [0.29, 0.717) is 32.8 Å². The molecule has 0 aliphatic carbocycles. The maximum Gasteiger partial charge on any atom is 0.408 e. The van der Waals surface area contributed by atoms with Crippen molar-refractivity contribution in [1.82, 2.24) is 19.7 Å². The number of halogens is 5. The van der Waals surface area contributed by atoms with Crippen LogP contribution in [-0.4, -0.2) is 57.1 Å². The number of carbonyl (C=O) groups excluding carboxylic acids is 1. The Morgan fingerprint density at radius 1 is 1.18 bits per heavy atom. The van der Waals surface area contributed by atoms with Crippen LogP contribution in [-0.2, 0) is 13.1 Å². The number of aryl methyl sites for hydroxylation is 1. The molecule has 0 radical (unpaired) electrons. The van der Waals surface area contributed by atoms with Gasteiger partial charge in [0.05, 0.1) is 41.6 Å². The SMILES string of the molecule is CO.Cc1cc(-c2cncc(OCC(F)F)c2)nc2c1C(=O)N(c1cnn(CC(F)(F)F)c1)C2. The number of nitrogens with zero attached hydrogens (tertiary/aromatic N) is 5. The largest absolute Gasteiger partial charge is 0.486 e. The molecule has 3 aromatic rings. The Morgan fingerprint density at radius 3 is 2.59 bits per heavy atom. The predicted octanol–water partition coefficient (Wildman–Crippen LogP) is 3.62. The molecule has 0 spiro atoms. The van der Waals surface area contributed by atoms with Gasteiger partial charge < -0.3 is 9.84 Å². The number of aliphatic hydroxyl groups excluding tert-OH is 1. The zero-order chi connectivity index (χ0) is 25.0. The van der Waals surface area contributed by atoms with Crippen LogP contribution < -0.4 is 9.64 Å². The zero-order valence-electron chi connectivity index (χ0n) is 18.1. The van der Waals surface area contributed by atoms with Crippen molar-refractivity contribution in [3.05, 3.63) is 53.7 Å². The Bertz CT molecular complexity index is 1170. The highest BCUT2D eigenvalue weighted by Crippen LogP contribution is 2.32. The van der Waals surface area contributed by atoms with Gasteiger partial charge >= 0.3 is 6.18 Å². The maximum absolute atomic E-state index is 12.9. The summed E-state index contributed by atoms with van der Waals surface area (Å²) >= 11 is 0. The van der Waals surface area contributed by atoms with E-state index in [4.69, 9.17) is 9.84 Å². The van der Waals surface area contributed by atoms with Gasteiger partial charge in [-0.3, -0.25) is 24.3 Å². The maximum atomic E-state index is 12.9. The first kappa shape index (κ1) is 25.0. The fraction of sp³-hybridized carbons (Fsp3) is 0.333. The molecule has 13 heteroatoms. The molecule has 0 unspecified atom stereocenters. The number of anilines is 1. The van der Waals surface area contributed by atoms with Gasteiger partial charge in [-0.15, -0.1) is 0 Å².